The highest BCUT2D eigenvalue weighted by atomic mass is 32.2. The van der Waals surface area contributed by atoms with Crippen molar-refractivity contribution in [3.05, 3.63) is 89.5 Å². The van der Waals surface area contributed by atoms with E-state index < -0.39 is 10.0 Å². The van der Waals surface area contributed by atoms with Gasteiger partial charge in [0.05, 0.1) is 32.7 Å². The molecule has 0 saturated carbocycles. The van der Waals surface area contributed by atoms with Crippen LogP contribution in [-0.2, 0) is 16.6 Å². The Morgan fingerprint density at radius 3 is 2.18 bits per heavy atom. The number of amides is 1. The Morgan fingerprint density at radius 2 is 1.59 bits per heavy atom. The molecule has 0 aliphatic rings. The summed E-state index contributed by atoms with van der Waals surface area (Å²) in [5.41, 5.74) is 2.88. The molecule has 0 heterocycles. The van der Waals surface area contributed by atoms with Crippen LogP contribution in [0.4, 0.5) is 5.69 Å². The standard InChI is InChI=1S/C26H30N2O5S/c1-19(21-8-6-5-7-9-21)17-27-26(29)22-12-10-20(11-13-22)18-28(34(4,30)31)23-14-15-24(32-2)25(16-23)33-3/h5-16,19H,17-18H2,1-4H3,(H,27,29)/t19-/m1/s1. The maximum Gasteiger partial charge on any atom is 0.251 e. The molecule has 8 heteroatoms. The van der Waals surface area contributed by atoms with Gasteiger partial charge < -0.3 is 14.8 Å². The van der Waals surface area contributed by atoms with Crippen molar-refractivity contribution in [3.8, 4) is 11.5 Å². The van der Waals surface area contributed by atoms with Crippen LogP contribution in [0.3, 0.4) is 0 Å². The van der Waals surface area contributed by atoms with Gasteiger partial charge in [0, 0.05) is 18.2 Å². The first kappa shape index (κ1) is 25.1. The Bertz CT molecular complexity index is 1210. The average Bonchev–Trinajstić information content (AvgIpc) is 2.85. The number of hydrogen-bond acceptors (Lipinski definition) is 5. The molecule has 0 unspecified atom stereocenters. The van der Waals surface area contributed by atoms with Crippen LogP contribution in [0.5, 0.6) is 11.5 Å². The van der Waals surface area contributed by atoms with Crippen LogP contribution in [0.2, 0.25) is 0 Å². The van der Waals surface area contributed by atoms with Crippen LogP contribution in [0.15, 0.2) is 72.8 Å². The largest absolute Gasteiger partial charge is 0.493 e. The van der Waals surface area contributed by atoms with E-state index in [1.54, 1.807) is 42.5 Å². The highest BCUT2D eigenvalue weighted by Gasteiger charge is 2.20. The summed E-state index contributed by atoms with van der Waals surface area (Å²) in [7, 11) is -0.557. The van der Waals surface area contributed by atoms with Gasteiger partial charge in [-0.25, -0.2) is 8.42 Å². The summed E-state index contributed by atoms with van der Waals surface area (Å²) in [6, 6.07) is 21.9. The normalized spacial score (nSPS) is 12.0. The number of carbonyl (C=O) groups excluding carboxylic acids is 1. The molecule has 34 heavy (non-hydrogen) atoms. The molecule has 3 aromatic carbocycles. The third kappa shape index (κ3) is 6.29. The van der Waals surface area contributed by atoms with Gasteiger partial charge in [0.25, 0.3) is 5.91 Å². The summed E-state index contributed by atoms with van der Waals surface area (Å²) in [6.45, 7) is 2.69. The maximum atomic E-state index is 12.6. The van der Waals surface area contributed by atoms with Crippen molar-refractivity contribution in [1.29, 1.82) is 0 Å². The van der Waals surface area contributed by atoms with Crippen molar-refractivity contribution in [2.24, 2.45) is 0 Å². The van der Waals surface area contributed by atoms with Crippen LogP contribution >= 0.6 is 0 Å². The second kappa shape index (κ2) is 11.1. The van der Waals surface area contributed by atoms with Crippen LogP contribution in [0.25, 0.3) is 0 Å². The van der Waals surface area contributed by atoms with Crippen molar-refractivity contribution in [2.75, 3.05) is 31.3 Å². The van der Waals surface area contributed by atoms with E-state index in [-0.39, 0.29) is 18.4 Å². The predicted octanol–water partition coefficient (Wildman–Crippen LogP) is 4.20. The Balaban J connectivity index is 1.70. The van der Waals surface area contributed by atoms with Crippen LogP contribution in [-0.4, -0.2) is 41.3 Å². The van der Waals surface area contributed by atoms with Crippen molar-refractivity contribution in [3.63, 3.8) is 0 Å². The van der Waals surface area contributed by atoms with Gasteiger partial charge in [-0.05, 0) is 41.3 Å². The zero-order valence-electron chi connectivity index (χ0n) is 19.8. The minimum Gasteiger partial charge on any atom is -0.493 e. The SMILES string of the molecule is COc1ccc(N(Cc2ccc(C(=O)NC[C@@H](C)c3ccccc3)cc2)S(C)(=O)=O)cc1OC. The second-order valence-electron chi connectivity index (χ2n) is 8.03. The monoisotopic (exact) mass is 482 g/mol. The summed E-state index contributed by atoms with van der Waals surface area (Å²) in [4.78, 5) is 12.6. The van der Waals surface area contributed by atoms with Gasteiger partial charge in [-0.1, -0.05) is 49.4 Å². The molecule has 0 bridgehead atoms. The van der Waals surface area contributed by atoms with E-state index in [1.807, 2.05) is 30.3 Å². The first-order chi connectivity index (χ1) is 16.2. The lowest BCUT2D eigenvalue weighted by Gasteiger charge is -2.23. The Morgan fingerprint density at radius 1 is 0.941 bits per heavy atom. The number of nitrogens with zero attached hydrogens (tertiary/aromatic N) is 1. The zero-order valence-corrected chi connectivity index (χ0v) is 20.6. The molecule has 1 N–H and O–H groups in total. The Labute approximate surface area is 201 Å². The fraction of sp³-hybridized carbons (Fsp3) is 0.269. The van der Waals surface area contributed by atoms with E-state index in [0.717, 1.165) is 17.4 Å². The minimum absolute atomic E-state index is 0.112. The van der Waals surface area contributed by atoms with Crippen molar-refractivity contribution >= 4 is 21.6 Å². The number of benzene rings is 3. The number of ether oxygens (including phenoxy) is 2. The van der Waals surface area contributed by atoms with E-state index in [2.05, 4.69) is 12.2 Å². The summed E-state index contributed by atoms with van der Waals surface area (Å²) >= 11 is 0. The Kier molecular flexibility index (Phi) is 8.17. The summed E-state index contributed by atoms with van der Waals surface area (Å²) < 4.78 is 36.9. The lowest BCUT2D eigenvalue weighted by atomic mass is 10.0. The van der Waals surface area contributed by atoms with Crippen LogP contribution in [0, 0.1) is 0 Å². The fourth-order valence-corrected chi connectivity index (χ4v) is 4.43. The number of sulfonamides is 1. The average molecular weight is 483 g/mol. The summed E-state index contributed by atoms with van der Waals surface area (Å²) in [6.07, 6.45) is 1.15. The van der Waals surface area contributed by atoms with Crippen LogP contribution < -0.4 is 19.1 Å². The Hall–Kier alpha value is -3.52. The molecular weight excluding hydrogens is 452 g/mol. The molecule has 0 fully saturated rings. The molecule has 0 aliphatic carbocycles. The minimum atomic E-state index is -3.57. The van der Waals surface area contributed by atoms with Gasteiger partial charge in [0.2, 0.25) is 10.0 Å². The van der Waals surface area contributed by atoms with Crippen molar-refractivity contribution in [2.45, 2.75) is 19.4 Å². The lowest BCUT2D eigenvalue weighted by molar-refractivity contribution is 0.0951. The van der Waals surface area contributed by atoms with Gasteiger partial charge in [-0.15, -0.1) is 0 Å². The fourth-order valence-electron chi connectivity index (χ4n) is 3.55. The summed E-state index contributed by atoms with van der Waals surface area (Å²) in [5, 5.41) is 2.96. The van der Waals surface area contributed by atoms with E-state index >= 15 is 0 Å². The molecule has 3 rings (SSSR count). The maximum absolute atomic E-state index is 12.6. The van der Waals surface area contributed by atoms with Gasteiger partial charge in [0.15, 0.2) is 11.5 Å². The third-order valence-corrected chi connectivity index (χ3v) is 6.68. The van der Waals surface area contributed by atoms with Gasteiger partial charge >= 0.3 is 0 Å². The van der Waals surface area contributed by atoms with Crippen molar-refractivity contribution < 1.29 is 22.7 Å². The molecule has 7 nitrogen and oxygen atoms in total. The number of carbonyl (C=O) groups is 1. The predicted molar refractivity (Wildman–Crippen MR) is 134 cm³/mol. The quantitative estimate of drug-likeness (QED) is 0.468. The molecule has 0 aromatic heterocycles. The van der Waals surface area contributed by atoms with E-state index in [0.29, 0.717) is 29.3 Å². The molecule has 1 atom stereocenters. The van der Waals surface area contributed by atoms with Crippen LogP contribution in [0.1, 0.15) is 34.3 Å². The van der Waals surface area contributed by atoms with E-state index in [9.17, 15) is 13.2 Å². The highest BCUT2D eigenvalue weighted by Crippen LogP contribution is 2.33. The molecule has 0 spiro atoms. The highest BCUT2D eigenvalue weighted by molar-refractivity contribution is 7.92. The molecular formula is C26H30N2O5S. The second-order valence-corrected chi connectivity index (χ2v) is 9.93. The topological polar surface area (TPSA) is 84.9 Å². The van der Waals surface area contributed by atoms with E-state index in [4.69, 9.17) is 9.47 Å². The third-order valence-electron chi connectivity index (χ3n) is 5.54. The molecule has 180 valence electrons. The van der Waals surface area contributed by atoms with Gasteiger partial charge in [-0.3, -0.25) is 9.10 Å². The summed E-state index contributed by atoms with van der Waals surface area (Å²) in [5.74, 6) is 0.963. The van der Waals surface area contributed by atoms with Crippen molar-refractivity contribution in [1.82, 2.24) is 5.32 Å². The molecule has 0 aliphatic heterocycles. The first-order valence-electron chi connectivity index (χ1n) is 10.8. The number of anilines is 1. The molecule has 1 amide bonds. The zero-order chi connectivity index (χ0) is 24.7. The molecule has 0 radical (unpaired) electrons. The number of rotatable bonds is 10. The van der Waals surface area contributed by atoms with E-state index in [1.165, 1.54) is 18.5 Å². The molecule has 0 saturated heterocycles. The number of nitrogens with one attached hydrogen (secondary N) is 1. The number of methoxy groups -OCH3 is 2. The van der Waals surface area contributed by atoms with Gasteiger partial charge in [-0.2, -0.15) is 0 Å². The van der Waals surface area contributed by atoms with Gasteiger partial charge in [0.1, 0.15) is 0 Å². The molecule has 3 aromatic rings. The lowest BCUT2D eigenvalue weighted by Crippen LogP contribution is -2.29. The number of hydrogen-bond donors (Lipinski definition) is 1. The smallest absolute Gasteiger partial charge is 0.251 e. The first-order valence-corrected chi connectivity index (χ1v) is 12.7.